The molecule has 1 saturated heterocycles. The lowest BCUT2D eigenvalue weighted by Gasteiger charge is -2.34. The van der Waals surface area contributed by atoms with Crippen LogP contribution in [0.15, 0.2) is 0 Å². The Balaban J connectivity index is 2.85. The molecule has 96 valence electrons. The molecule has 0 N–H and O–H groups in total. The number of rotatable bonds is 4. The summed E-state index contributed by atoms with van der Waals surface area (Å²) in [5.41, 5.74) is 0. The van der Waals surface area contributed by atoms with E-state index >= 15 is 0 Å². The van der Waals surface area contributed by atoms with Crippen LogP contribution in [-0.4, -0.2) is 66.5 Å². The van der Waals surface area contributed by atoms with E-state index in [4.69, 9.17) is 34.2 Å². The van der Waals surface area contributed by atoms with Crippen molar-refractivity contribution in [3.05, 3.63) is 0 Å². The molecule has 0 aromatic rings. The van der Waals surface area contributed by atoms with E-state index in [2.05, 4.69) is 0 Å². The molecule has 0 spiro atoms. The van der Waals surface area contributed by atoms with Crippen LogP contribution in [-0.2, 0) is 34.2 Å². The molecule has 8 nitrogen and oxygen atoms in total. The third-order valence-corrected chi connectivity index (χ3v) is 11.0. The van der Waals surface area contributed by atoms with E-state index in [1.165, 1.54) is 28.4 Å². The van der Waals surface area contributed by atoms with Gasteiger partial charge in [-0.25, -0.2) is 0 Å². The van der Waals surface area contributed by atoms with Crippen molar-refractivity contribution in [2.75, 3.05) is 28.4 Å². The Morgan fingerprint density at radius 2 is 1.12 bits per heavy atom. The predicted octanol–water partition coefficient (Wildman–Crippen LogP) is -2.48. The molecule has 12 heteroatoms. The highest BCUT2D eigenvalue weighted by molar-refractivity contribution is 6.73. The van der Waals surface area contributed by atoms with Gasteiger partial charge in [-0.15, -0.1) is 0 Å². The largest absolute Gasteiger partial charge is 0.663 e. The minimum absolute atomic E-state index is 1.20. The van der Waals surface area contributed by atoms with Crippen LogP contribution in [0.2, 0.25) is 0 Å². The molecule has 1 fully saturated rings. The Morgan fingerprint density at radius 3 is 1.44 bits per heavy atom. The second-order valence-electron chi connectivity index (χ2n) is 2.65. The fraction of sp³-hybridized carbons (Fsp3) is 1.00. The number of hydrogen-bond donors (Lipinski definition) is 0. The van der Waals surface area contributed by atoms with Crippen molar-refractivity contribution in [2.45, 2.75) is 0 Å². The summed E-state index contributed by atoms with van der Waals surface area (Å²) in [6, 6.07) is 0. The van der Waals surface area contributed by atoms with Gasteiger partial charge in [0.1, 0.15) is 0 Å². The Hall–Kier alpha value is 0.548. The zero-order valence-electron chi connectivity index (χ0n) is 9.68. The van der Waals surface area contributed by atoms with Gasteiger partial charge in [-0.05, 0) is 0 Å². The average Bonchev–Trinajstić information content (AvgIpc) is 2.31. The monoisotopic (exact) mass is 304 g/mol. The fourth-order valence-electron chi connectivity index (χ4n) is 1.04. The van der Waals surface area contributed by atoms with E-state index < -0.39 is 38.1 Å². The molecule has 0 saturated carbocycles. The zero-order valence-corrected chi connectivity index (χ0v) is 14.5. The van der Waals surface area contributed by atoms with Crippen molar-refractivity contribution in [2.24, 2.45) is 0 Å². The van der Waals surface area contributed by atoms with Crippen molar-refractivity contribution in [3.63, 3.8) is 0 Å². The smallest absolute Gasteiger partial charge is 0.425 e. The van der Waals surface area contributed by atoms with Gasteiger partial charge in [0.05, 0.1) is 0 Å². The van der Waals surface area contributed by atoms with Crippen molar-refractivity contribution in [3.8, 4) is 0 Å². The highest BCUT2D eigenvalue weighted by Crippen LogP contribution is 2.20. The van der Waals surface area contributed by atoms with Crippen molar-refractivity contribution in [1.82, 2.24) is 0 Å². The van der Waals surface area contributed by atoms with Gasteiger partial charge in [-0.3, -0.25) is 0 Å². The van der Waals surface area contributed by atoms with Crippen molar-refractivity contribution < 1.29 is 34.2 Å². The van der Waals surface area contributed by atoms with Gasteiger partial charge in [0.15, 0.2) is 0 Å². The van der Waals surface area contributed by atoms with Crippen LogP contribution >= 0.6 is 0 Å². The second-order valence-corrected chi connectivity index (χ2v) is 11.5. The number of hydrogen-bond acceptors (Lipinski definition) is 8. The van der Waals surface area contributed by atoms with Gasteiger partial charge in [-0.2, -0.15) is 0 Å². The molecule has 0 aromatic heterocycles. The molecule has 1 rings (SSSR count). The van der Waals surface area contributed by atoms with E-state index in [0.717, 1.165) is 0 Å². The standard InChI is InChI=1S/C4H16O8Si4/c1-5-15(6-2)10-13-9-14-11-16(7-3,8-4)12-15/h13-14H2,1-4H3. The van der Waals surface area contributed by atoms with Crippen molar-refractivity contribution in [1.29, 1.82) is 0 Å². The molecule has 0 amide bonds. The van der Waals surface area contributed by atoms with Crippen LogP contribution in [0.3, 0.4) is 0 Å². The first-order valence-corrected chi connectivity index (χ1v) is 10.00. The fourth-order valence-corrected chi connectivity index (χ4v) is 10.9. The SMILES string of the molecule is CO[Si]1(OC)O[SiH2]O[SiH2]O[Si](OC)(OC)O1. The zero-order chi connectivity index (χ0) is 12.1. The van der Waals surface area contributed by atoms with Crippen LogP contribution in [0.5, 0.6) is 0 Å². The lowest BCUT2D eigenvalue weighted by atomic mass is 11.8. The second kappa shape index (κ2) is 6.47. The van der Waals surface area contributed by atoms with Crippen LogP contribution in [0.25, 0.3) is 0 Å². The molecule has 0 aromatic carbocycles. The van der Waals surface area contributed by atoms with E-state index in [9.17, 15) is 0 Å². The lowest BCUT2D eigenvalue weighted by Crippen LogP contribution is -2.63. The molecule has 0 aliphatic carbocycles. The molecule has 1 aliphatic rings. The quantitative estimate of drug-likeness (QED) is 0.529. The van der Waals surface area contributed by atoms with E-state index in [1.54, 1.807) is 0 Å². The first-order valence-electron chi connectivity index (χ1n) is 4.42. The Morgan fingerprint density at radius 1 is 0.750 bits per heavy atom. The first-order chi connectivity index (χ1) is 7.66. The molecule has 0 bridgehead atoms. The summed E-state index contributed by atoms with van der Waals surface area (Å²) in [6.07, 6.45) is 0. The highest BCUT2D eigenvalue weighted by Gasteiger charge is 2.58. The molecule has 0 atom stereocenters. The van der Waals surface area contributed by atoms with Crippen LogP contribution < -0.4 is 0 Å². The summed E-state index contributed by atoms with van der Waals surface area (Å²) in [5.74, 6) is 0. The molecule has 1 aliphatic heterocycles. The van der Waals surface area contributed by atoms with E-state index in [-0.39, 0.29) is 0 Å². The molecule has 16 heavy (non-hydrogen) atoms. The maximum atomic E-state index is 5.60. The maximum absolute atomic E-state index is 5.60. The third kappa shape index (κ3) is 3.28. The average molecular weight is 305 g/mol. The van der Waals surface area contributed by atoms with Gasteiger partial charge < -0.3 is 34.2 Å². The topological polar surface area (TPSA) is 73.8 Å². The van der Waals surface area contributed by atoms with Gasteiger partial charge in [-0.1, -0.05) is 0 Å². The maximum Gasteiger partial charge on any atom is 0.663 e. The summed E-state index contributed by atoms with van der Waals surface area (Å²) in [7, 11) is -3.15. The summed E-state index contributed by atoms with van der Waals surface area (Å²) in [4.78, 5) is 0. The Kier molecular flexibility index (Phi) is 5.91. The van der Waals surface area contributed by atoms with Gasteiger partial charge in [0.2, 0.25) is 0 Å². The highest BCUT2D eigenvalue weighted by atomic mass is 28.5. The normalized spacial score (nSPS) is 27.8. The minimum Gasteiger partial charge on any atom is -0.425 e. The lowest BCUT2D eigenvalue weighted by molar-refractivity contribution is -0.00499. The van der Waals surface area contributed by atoms with E-state index in [1.807, 2.05) is 0 Å². The Bertz CT molecular complexity index is 188. The minimum atomic E-state index is -3.24. The first kappa shape index (κ1) is 14.6. The third-order valence-electron chi connectivity index (χ3n) is 1.89. The molecule has 1 heterocycles. The van der Waals surface area contributed by atoms with Crippen molar-refractivity contribution >= 4 is 38.1 Å². The van der Waals surface area contributed by atoms with Crippen LogP contribution in [0, 0.1) is 0 Å². The molecule has 0 unspecified atom stereocenters. The summed E-state index contributed by atoms with van der Waals surface area (Å²) < 4.78 is 42.4. The van der Waals surface area contributed by atoms with Gasteiger partial charge in [0.25, 0.3) is 20.0 Å². The molecular weight excluding hydrogens is 288 g/mol. The summed E-state index contributed by atoms with van der Waals surface area (Å²) in [5, 5.41) is 0. The molecule has 0 radical (unpaired) electrons. The van der Waals surface area contributed by atoms with Gasteiger partial charge in [0, 0.05) is 28.4 Å². The summed E-state index contributed by atoms with van der Waals surface area (Å²) >= 11 is 0. The molecular formula is C4H16O8Si4. The Labute approximate surface area is 101 Å². The predicted molar refractivity (Wildman–Crippen MR) is 61.0 cm³/mol. The van der Waals surface area contributed by atoms with Crippen LogP contribution in [0.1, 0.15) is 0 Å². The van der Waals surface area contributed by atoms with Gasteiger partial charge >= 0.3 is 18.1 Å². The van der Waals surface area contributed by atoms with Crippen LogP contribution in [0.4, 0.5) is 0 Å². The van der Waals surface area contributed by atoms with E-state index in [0.29, 0.717) is 0 Å². The summed E-state index contributed by atoms with van der Waals surface area (Å²) in [6.45, 7) is 0.